The summed E-state index contributed by atoms with van der Waals surface area (Å²) < 4.78 is 25.1. The molecule has 0 aromatic rings. The zero-order valence-corrected chi connectivity index (χ0v) is 17.5. The highest BCUT2D eigenvalue weighted by molar-refractivity contribution is 14.0. The van der Waals surface area contributed by atoms with Crippen LogP contribution in [0.5, 0.6) is 0 Å². The molecule has 0 radical (unpaired) electrons. The van der Waals surface area contributed by atoms with E-state index < -0.39 is 10.0 Å². The maximum atomic E-state index is 11.2. The lowest BCUT2D eigenvalue weighted by atomic mass is 10.2. The van der Waals surface area contributed by atoms with Gasteiger partial charge in [0.1, 0.15) is 0 Å². The number of rotatable bonds is 9. The molecule has 0 fully saturated rings. The Morgan fingerprint density at radius 2 is 1.86 bits per heavy atom. The van der Waals surface area contributed by atoms with Crippen LogP contribution in [0.1, 0.15) is 27.2 Å². The topological polar surface area (TPSA) is 82.6 Å². The van der Waals surface area contributed by atoms with Crippen LogP contribution in [0.15, 0.2) is 4.99 Å². The fourth-order valence-electron chi connectivity index (χ4n) is 1.21. The second kappa shape index (κ2) is 11.8. The summed E-state index contributed by atoms with van der Waals surface area (Å²) in [6, 6.07) is 0. The fourth-order valence-corrected chi connectivity index (χ4v) is 2.09. The Morgan fingerprint density at radius 1 is 1.24 bits per heavy atom. The Labute approximate surface area is 150 Å². The fraction of sp³-hybridized carbons (Fsp3) is 0.917. The molecule has 6 nitrogen and oxygen atoms in total. The molecule has 0 amide bonds. The Bertz CT molecular complexity index is 400. The van der Waals surface area contributed by atoms with Crippen LogP contribution in [-0.2, 0) is 10.0 Å². The Kier molecular flexibility index (Phi) is 13.2. The molecule has 0 bridgehead atoms. The lowest BCUT2D eigenvalue weighted by molar-refractivity contribution is 0.579. The summed E-state index contributed by atoms with van der Waals surface area (Å²) in [5.41, 5.74) is 0. The normalized spacial score (nSPS) is 12.7. The molecule has 0 aliphatic carbocycles. The number of halogens is 1. The molecule has 0 aromatic carbocycles. The maximum Gasteiger partial charge on any atom is 0.211 e. The van der Waals surface area contributed by atoms with E-state index in [4.69, 9.17) is 0 Å². The molecule has 3 N–H and O–H groups in total. The number of guanidine groups is 1. The van der Waals surface area contributed by atoms with Gasteiger partial charge in [0.25, 0.3) is 0 Å². The van der Waals surface area contributed by atoms with Gasteiger partial charge in [-0.1, -0.05) is 0 Å². The number of thioether (sulfide) groups is 1. The van der Waals surface area contributed by atoms with Crippen molar-refractivity contribution < 1.29 is 8.42 Å². The van der Waals surface area contributed by atoms with E-state index in [0.717, 1.165) is 12.5 Å². The van der Waals surface area contributed by atoms with Gasteiger partial charge in [0.05, 0.1) is 5.75 Å². The van der Waals surface area contributed by atoms with Crippen molar-refractivity contribution in [3.05, 3.63) is 0 Å². The highest BCUT2D eigenvalue weighted by atomic mass is 127. The molecule has 128 valence electrons. The minimum absolute atomic E-state index is 0. The summed E-state index contributed by atoms with van der Waals surface area (Å²) in [7, 11) is -1.36. The number of nitrogens with zero attached hydrogens (tertiary/aromatic N) is 1. The first-order chi connectivity index (χ1) is 9.26. The third-order valence-corrected chi connectivity index (χ3v) is 5.46. The molecule has 0 spiro atoms. The van der Waals surface area contributed by atoms with E-state index in [2.05, 4.69) is 40.5 Å². The number of aliphatic imine (C=N–C) groups is 1. The molecule has 0 heterocycles. The van der Waals surface area contributed by atoms with Gasteiger partial charge < -0.3 is 10.6 Å². The molecule has 0 saturated carbocycles. The summed E-state index contributed by atoms with van der Waals surface area (Å²) in [5, 5.41) is 6.42. The standard InChI is InChI=1S/C12H28N4O2S2.HI/c1-6-20(17,18)16-9-7-8-14-11(13-4)15-10-12(2,3)19-5;/h16H,6-10H2,1-5H3,(H2,13,14,15);1H. The summed E-state index contributed by atoms with van der Waals surface area (Å²) in [4.78, 5) is 4.13. The van der Waals surface area contributed by atoms with Gasteiger partial charge in [0.15, 0.2) is 5.96 Å². The van der Waals surface area contributed by atoms with Crippen molar-refractivity contribution in [2.45, 2.75) is 31.9 Å². The third-order valence-electron chi connectivity index (χ3n) is 2.81. The molecule has 0 rings (SSSR count). The smallest absolute Gasteiger partial charge is 0.211 e. The predicted molar refractivity (Wildman–Crippen MR) is 104 cm³/mol. The summed E-state index contributed by atoms with van der Waals surface area (Å²) in [6.07, 6.45) is 2.80. The van der Waals surface area contributed by atoms with E-state index in [1.54, 1.807) is 25.7 Å². The Hall–Kier alpha value is 0.260. The van der Waals surface area contributed by atoms with Gasteiger partial charge in [-0.3, -0.25) is 4.99 Å². The number of sulfonamides is 1. The van der Waals surface area contributed by atoms with Gasteiger partial charge in [-0.15, -0.1) is 24.0 Å². The second-order valence-corrected chi connectivity index (χ2v) is 8.58. The van der Waals surface area contributed by atoms with Crippen molar-refractivity contribution in [2.75, 3.05) is 38.7 Å². The van der Waals surface area contributed by atoms with Crippen molar-refractivity contribution in [1.82, 2.24) is 15.4 Å². The van der Waals surface area contributed by atoms with Crippen molar-refractivity contribution in [2.24, 2.45) is 4.99 Å². The van der Waals surface area contributed by atoms with Gasteiger partial charge in [-0.25, -0.2) is 13.1 Å². The van der Waals surface area contributed by atoms with E-state index in [9.17, 15) is 8.42 Å². The minimum atomic E-state index is -3.09. The first kappa shape index (κ1) is 23.5. The van der Waals surface area contributed by atoms with E-state index in [1.807, 2.05) is 0 Å². The van der Waals surface area contributed by atoms with Crippen molar-refractivity contribution in [1.29, 1.82) is 0 Å². The van der Waals surface area contributed by atoms with Crippen molar-refractivity contribution >= 4 is 51.7 Å². The monoisotopic (exact) mass is 452 g/mol. The predicted octanol–water partition coefficient (Wildman–Crippen LogP) is 1.24. The minimum Gasteiger partial charge on any atom is -0.356 e. The summed E-state index contributed by atoms with van der Waals surface area (Å²) in [6.45, 7) is 7.88. The molecule has 0 saturated heterocycles. The van der Waals surface area contributed by atoms with E-state index >= 15 is 0 Å². The first-order valence-corrected chi connectivity index (χ1v) is 9.61. The summed E-state index contributed by atoms with van der Waals surface area (Å²) >= 11 is 1.79. The molecule has 9 heteroatoms. The van der Waals surface area contributed by atoms with Crippen LogP contribution >= 0.6 is 35.7 Å². The molecular weight excluding hydrogens is 423 g/mol. The van der Waals surface area contributed by atoms with Crippen LogP contribution in [-0.4, -0.2) is 57.8 Å². The van der Waals surface area contributed by atoms with Crippen LogP contribution in [0.25, 0.3) is 0 Å². The second-order valence-electron chi connectivity index (χ2n) is 4.97. The lowest BCUT2D eigenvalue weighted by Gasteiger charge is -2.23. The van der Waals surface area contributed by atoms with E-state index in [1.165, 1.54) is 0 Å². The van der Waals surface area contributed by atoms with Gasteiger partial charge in [-0.2, -0.15) is 11.8 Å². The molecule has 0 aliphatic heterocycles. The highest BCUT2D eigenvalue weighted by Crippen LogP contribution is 2.19. The zero-order valence-electron chi connectivity index (χ0n) is 13.5. The number of hydrogen-bond donors (Lipinski definition) is 3. The Balaban J connectivity index is 0. The van der Waals surface area contributed by atoms with Gasteiger partial charge in [0.2, 0.25) is 10.0 Å². The van der Waals surface area contributed by atoms with Gasteiger partial charge in [-0.05, 0) is 33.4 Å². The first-order valence-electron chi connectivity index (χ1n) is 6.73. The largest absolute Gasteiger partial charge is 0.356 e. The lowest BCUT2D eigenvalue weighted by Crippen LogP contribution is -2.44. The average molecular weight is 452 g/mol. The maximum absolute atomic E-state index is 11.2. The zero-order chi connectivity index (χ0) is 15.6. The molecule has 0 aliphatic rings. The molecule has 21 heavy (non-hydrogen) atoms. The molecule has 0 aromatic heterocycles. The SMILES string of the molecule is CCS(=O)(=O)NCCCNC(=NC)NCC(C)(C)SC.I. The van der Waals surface area contributed by atoms with Gasteiger partial charge >= 0.3 is 0 Å². The molecule has 0 atom stereocenters. The van der Waals surface area contributed by atoms with Crippen LogP contribution in [0, 0.1) is 0 Å². The number of nitrogens with one attached hydrogen (secondary N) is 3. The Morgan fingerprint density at radius 3 is 2.33 bits per heavy atom. The highest BCUT2D eigenvalue weighted by Gasteiger charge is 2.15. The van der Waals surface area contributed by atoms with E-state index in [0.29, 0.717) is 19.5 Å². The molecule has 0 unspecified atom stereocenters. The summed E-state index contributed by atoms with van der Waals surface area (Å²) in [5.74, 6) is 0.860. The quantitative estimate of drug-likeness (QED) is 0.212. The van der Waals surface area contributed by atoms with Crippen LogP contribution in [0.2, 0.25) is 0 Å². The van der Waals surface area contributed by atoms with Crippen LogP contribution in [0.4, 0.5) is 0 Å². The van der Waals surface area contributed by atoms with Crippen molar-refractivity contribution in [3.8, 4) is 0 Å². The molecular formula is C12H29IN4O2S2. The van der Waals surface area contributed by atoms with Crippen molar-refractivity contribution in [3.63, 3.8) is 0 Å². The number of hydrogen-bond acceptors (Lipinski definition) is 4. The van der Waals surface area contributed by atoms with Crippen LogP contribution in [0.3, 0.4) is 0 Å². The third kappa shape index (κ3) is 12.5. The van der Waals surface area contributed by atoms with E-state index in [-0.39, 0.29) is 34.5 Å². The average Bonchev–Trinajstić information content (AvgIpc) is 2.41. The van der Waals surface area contributed by atoms with Gasteiger partial charge in [0, 0.05) is 31.4 Å². The van der Waals surface area contributed by atoms with Crippen LogP contribution < -0.4 is 15.4 Å².